The first-order valence-corrected chi connectivity index (χ1v) is 2.89. The van der Waals surface area contributed by atoms with Crippen molar-refractivity contribution in [3.63, 3.8) is 0 Å². The Kier molecular flexibility index (Phi) is 2.05. The number of methoxy groups -OCH3 is 1. The third-order valence-corrected chi connectivity index (χ3v) is 1.13. The third-order valence-electron chi connectivity index (χ3n) is 1.13. The fourth-order valence-corrected chi connectivity index (χ4v) is 0.638. The summed E-state index contributed by atoms with van der Waals surface area (Å²) >= 11 is 0. The number of esters is 1. The van der Waals surface area contributed by atoms with Crippen LogP contribution >= 0.6 is 0 Å². The van der Waals surface area contributed by atoms with Crippen LogP contribution in [0.25, 0.3) is 0 Å². The molecule has 0 atom stereocenters. The summed E-state index contributed by atoms with van der Waals surface area (Å²) in [5, 5.41) is 0. The van der Waals surface area contributed by atoms with Gasteiger partial charge in [-0.3, -0.25) is 0 Å². The first kappa shape index (κ1) is 6.81. The van der Waals surface area contributed by atoms with Crippen LogP contribution in [0.4, 0.5) is 0 Å². The van der Waals surface area contributed by atoms with Crippen LogP contribution in [0.5, 0.6) is 0 Å². The highest BCUT2D eigenvalue weighted by Gasteiger charge is 2.00. The fraction of sp³-hybridized carbons (Fsp3) is 0.125. The summed E-state index contributed by atoms with van der Waals surface area (Å²) in [4.78, 5) is 10.8. The Bertz CT molecular complexity index is 216. The smallest absolute Gasteiger partial charge is 0.337 e. The normalized spacial score (nSPS) is 8.90. The number of carbonyl (C=O) groups excluding carboxylic acids is 1. The first-order valence-electron chi connectivity index (χ1n) is 2.89. The molecule has 1 aromatic carbocycles. The summed E-state index contributed by atoms with van der Waals surface area (Å²) in [6.45, 7) is 0. The molecule has 10 heavy (non-hydrogen) atoms. The molecule has 51 valence electrons. The summed E-state index contributed by atoms with van der Waals surface area (Å²) in [6.07, 6.45) is 0. The Morgan fingerprint density at radius 3 is 3.00 bits per heavy atom. The zero-order chi connectivity index (χ0) is 7.40. The summed E-state index contributed by atoms with van der Waals surface area (Å²) in [5.41, 5.74) is 0.532. The molecule has 0 heterocycles. The Labute approximate surface area is 59.4 Å². The van der Waals surface area contributed by atoms with E-state index in [9.17, 15) is 4.79 Å². The van der Waals surface area contributed by atoms with Crippen LogP contribution < -0.4 is 0 Å². The van der Waals surface area contributed by atoms with Gasteiger partial charge in [-0.2, -0.15) is 0 Å². The maximum absolute atomic E-state index is 10.8. The molecule has 0 bridgehead atoms. The van der Waals surface area contributed by atoms with Crippen molar-refractivity contribution in [1.29, 1.82) is 0 Å². The Morgan fingerprint density at radius 2 is 2.50 bits per heavy atom. The molecular formula is C8H7O2. The van der Waals surface area contributed by atoms with Crippen LogP contribution in [0.3, 0.4) is 0 Å². The number of hydrogen-bond donors (Lipinski definition) is 0. The van der Waals surface area contributed by atoms with Gasteiger partial charge in [0, 0.05) is 0 Å². The van der Waals surface area contributed by atoms with Gasteiger partial charge in [0.1, 0.15) is 0 Å². The van der Waals surface area contributed by atoms with Crippen molar-refractivity contribution in [3.8, 4) is 0 Å². The minimum atomic E-state index is -0.322. The molecule has 0 aromatic heterocycles. The minimum absolute atomic E-state index is 0.322. The SMILES string of the molecule is COC(=O)c1c[c]ccc1. The van der Waals surface area contributed by atoms with Crippen LogP contribution in [0, 0.1) is 6.07 Å². The van der Waals surface area contributed by atoms with E-state index in [0.29, 0.717) is 5.56 Å². The molecule has 1 radical (unpaired) electrons. The van der Waals surface area contributed by atoms with Crippen molar-refractivity contribution < 1.29 is 9.53 Å². The van der Waals surface area contributed by atoms with E-state index in [4.69, 9.17) is 0 Å². The highest BCUT2D eigenvalue weighted by atomic mass is 16.5. The van der Waals surface area contributed by atoms with E-state index in [1.165, 1.54) is 7.11 Å². The summed E-state index contributed by atoms with van der Waals surface area (Å²) in [5.74, 6) is -0.322. The van der Waals surface area contributed by atoms with Crippen LogP contribution in [0.1, 0.15) is 10.4 Å². The van der Waals surface area contributed by atoms with E-state index in [1.807, 2.05) is 0 Å². The Hall–Kier alpha value is -1.31. The Morgan fingerprint density at radius 1 is 1.70 bits per heavy atom. The molecule has 0 N–H and O–H groups in total. The lowest BCUT2D eigenvalue weighted by Crippen LogP contribution is -1.99. The van der Waals surface area contributed by atoms with Gasteiger partial charge in [-0.15, -0.1) is 0 Å². The molecule has 2 heteroatoms. The summed E-state index contributed by atoms with van der Waals surface area (Å²) in [7, 11) is 1.36. The van der Waals surface area contributed by atoms with Crippen molar-refractivity contribution in [2.45, 2.75) is 0 Å². The van der Waals surface area contributed by atoms with Gasteiger partial charge in [0.25, 0.3) is 0 Å². The zero-order valence-corrected chi connectivity index (χ0v) is 5.63. The number of benzene rings is 1. The largest absolute Gasteiger partial charge is 0.465 e. The maximum Gasteiger partial charge on any atom is 0.337 e. The highest BCUT2D eigenvalue weighted by molar-refractivity contribution is 5.89. The van der Waals surface area contributed by atoms with Crippen molar-refractivity contribution in [2.75, 3.05) is 7.11 Å². The molecule has 0 aliphatic carbocycles. The molecule has 2 nitrogen and oxygen atoms in total. The fourth-order valence-electron chi connectivity index (χ4n) is 0.638. The molecule has 0 saturated carbocycles. The molecule has 0 aliphatic rings. The maximum atomic E-state index is 10.8. The average Bonchev–Trinajstić information content (AvgIpc) is 2.05. The van der Waals surface area contributed by atoms with E-state index < -0.39 is 0 Å². The average molecular weight is 135 g/mol. The highest BCUT2D eigenvalue weighted by Crippen LogP contribution is 1.98. The number of hydrogen-bond acceptors (Lipinski definition) is 2. The summed E-state index contributed by atoms with van der Waals surface area (Å²) in [6, 6.07) is 9.52. The third kappa shape index (κ3) is 1.35. The number of rotatable bonds is 1. The lowest BCUT2D eigenvalue weighted by molar-refractivity contribution is 0.0600. The van der Waals surface area contributed by atoms with Gasteiger partial charge in [0.2, 0.25) is 0 Å². The van der Waals surface area contributed by atoms with E-state index in [-0.39, 0.29) is 5.97 Å². The topological polar surface area (TPSA) is 26.3 Å². The van der Waals surface area contributed by atoms with Crippen molar-refractivity contribution in [3.05, 3.63) is 35.9 Å². The molecular weight excluding hydrogens is 128 g/mol. The van der Waals surface area contributed by atoms with Gasteiger partial charge in [-0.25, -0.2) is 4.79 Å². The first-order chi connectivity index (χ1) is 4.84. The van der Waals surface area contributed by atoms with E-state index in [0.717, 1.165) is 0 Å². The van der Waals surface area contributed by atoms with Gasteiger partial charge in [-0.1, -0.05) is 12.1 Å². The molecule has 0 fully saturated rings. The zero-order valence-electron chi connectivity index (χ0n) is 5.63. The second kappa shape index (κ2) is 3.01. The molecule has 0 saturated heterocycles. The number of carbonyl (C=O) groups is 1. The second-order valence-electron chi connectivity index (χ2n) is 1.78. The molecule has 0 amide bonds. The van der Waals surface area contributed by atoms with Gasteiger partial charge >= 0.3 is 5.97 Å². The Balaban J connectivity index is 2.85. The molecule has 0 unspecified atom stereocenters. The van der Waals surface area contributed by atoms with Crippen molar-refractivity contribution in [2.24, 2.45) is 0 Å². The predicted octanol–water partition coefficient (Wildman–Crippen LogP) is 1.27. The van der Waals surface area contributed by atoms with Gasteiger partial charge in [-0.05, 0) is 18.2 Å². The van der Waals surface area contributed by atoms with Crippen LogP contribution in [0.2, 0.25) is 0 Å². The second-order valence-corrected chi connectivity index (χ2v) is 1.78. The minimum Gasteiger partial charge on any atom is -0.465 e. The van der Waals surface area contributed by atoms with Crippen molar-refractivity contribution in [1.82, 2.24) is 0 Å². The van der Waals surface area contributed by atoms with Crippen LogP contribution in [0.15, 0.2) is 24.3 Å². The lowest BCUT2D eigenvalue weighted by Gasteiger charge is -1.95. The van der Waals surface area contributed by atoms with E-state index >= 15 is 0 Å². The molecule has 0 aliphatic heterocycles. The van der Waals surface area contributed by atoms with Gasteiger partial charge in [0.15, 0.2) is 0 Å². The monoisotopic (exact) mass is 135 g/mol. The molecule has 1 rings (SSSR count). The van der Waals surface area contributed by atoms with Crippen LogP contribution in [-0.4, -0.2) is 13.1 Å². The van der Waals surface area contributed by atoms with Gasteiger partial charge in [0.05, 0.1) is 12.7 Å². The summed E-state index contributed by atoms with van der Waals surface area (Å²) < 4.78 is 4.48. The van der Waals surface area contributed by atoms with E-state index in [1.54, 1.807) is 24.3 Å². The van der Waals surface area contributed by atoms with E-state index in [2.05, 4.69) is 10.8 Å². The van der Waals surface area contributed by atoms with Crippen molar-refractivity contribution >= 4 is 5.97 Å². The lowest BCUT2D eigenvalue weighted by atomic mass is 10.2. The number of ether oxygens (including phenoxy) is 1. The standard InChI is InChI=1S/C8H7O2/c1-10-8(9)7-5-3-2-4-6-7/h2-3,5-6H,1H3. The van der Waals surface area contributed by atoms with Gasteiger partial charge < -0.3 is 4.74 Å². The van der Waals surface area contributed by atoms with Crippen LogP contribution in [-0.2, 0) is 4.74 Å². The quantitative estimate of drug-likeness (QED) is 0.542. The molecule has 0 spiro atoms. The predicted molar refractivity (Wildman–Crippen MR) is 36.6 cm³/mol. The molecule has 1 aromatic rings.